The maximum absolute atomic E-state index is 12.4. The van der Waals surface area contributed by atoms with Crippen molar-refractivity contribution < 1.29 is 18.8 Å². The van der Waals surface area contributed by atoms with E-state index in [2.05, 4.69) is 16.0 Å². The molecule has 0 atom stereocenters. The molecule has 1 aliphatic carbocycles. The molecule has 0 unspecified atom stereocenters. The quantitative estimate of drug-likeness (QED) is 0.350. The summed E-state index contributed by atoms with van der Waals surface area (Å²) < 4.78 is 5.55. The third kappa shape index (κ3) is 6.72. The second-order valence-corrected chi connectivity index (χ2v) is 7.87. The van der Waals surface area contributed by atoms with Crippen LogP contribution in [0.4, 0.5) is 5.69 Å². The minimum Gasteiger partial charge on any atom is -0.460 e. The van der Waals surface area contributed by atoms with E-state index < -0.39 is 17.7 Å². The van der Waals surface area contributed by atoms with Crippen molar-refractivity contribution in [3.8, 4) is 6.07 Å². The molecule has 166 valence electrons. The highest BCUT2D eigenvalue weighted by Crippen LogP contribution is 2.18. The molecule has 0 spiro atoms. The zero-order valence-electron chi connectivity index (χ0n) is 17.3. The fourth-order valence-electron chi connectivity index (χ4n) is 3.37. The van der Waals surface area contributed by atoms with Gasteiger partial charge in [0, 0.05) is 22.8 Å². The smallest absolute Gasteiger partial charge is 0.313 e. The number of benzene rings is 1. The Bertz CT molecular complexity index is 1060. The Kier molecular flexibility index (Phi) is 8.06. The molecule has 2 aromatic rings. The van der Waals surface area contributed by atoms with Crippen LogP contribution in [0.15, 0.2) is 46.4 Å². The molecule has 1 heterocycles. The van der Waals surface area contributed by atoms with Gasteiger partial charge in [-0.15, -0.1) is 0 Å². The van der Waals surface area contributed by atoms with Crippen LogP contribution in [-0.4, -0.2) is 23.8 Å². The Morgan fingerprint density at radius 3 is 2.59 bits per heavy atom. The molecule has 1 saturated carbocycles. The molecule has 1 aliphatic rings. The predicted octanol–water partition coefficient (Wildman–Crippen LogP) is 3.54. The molecule has 0 aliphatic heterocycles. The van der Waals surface area contributed by atoms with E-state index in [1.807, 2.05) is 6.07 Å². The third-order valence-electron chi connectivity index (χ3n) is 4.99. The maximum atomic E-state index is 12.4. The number of amides is 3. The van der Waals surface area contributed by atoms with Crippen LogP contribution in [0, 0.1) is 11.3 Å². The number of furan rings is 1. The lowest BCUT2D eigenvalue weighted by molar-refractivity contribution is -0.136. The van der Waals surface area contributed by atoms with Gasteiger partial charge in [-0.1, -0.05) is 36.9 Å². The van der Waals surface area contributed by atoms with Gasteiger partial charge in [0.2, 0.25) is 0 Å². The van der Waals surface area contributed by atoms with Crippen molar-refractivity contribution in [1.82, 2.24) is 10.6 Å². The molecule has 0 saturated heterocycles. The van der Waals surface area contributed by atoms with E-state index in [1.54, 1.807) is 30.3 Å². The number of nitriles is 1. The number of hydrogen-bond donors (Lipinski definition) is 3. The molecule has 9 heteroatoms. The molecule has 3 rings (SSSR count). The van der Waals surface area contributed by atoms with E-state index in [0.29, 0.717) is 22.2 Å². The summed E-state index contributed by atoms with van der Waals surface area (Å²) in [4.78, 5) is 36.4. The van der Waals surface area contributed by atoms with Gasteiger partial charge in [0.05, 0.1) is 6.54 Å². The molecular weight excluding hydrogens is 432 g/mol. The fourth-order valence-corrected chi connectivity index (χ4v) is 3.56. The zero-order valence-corrected chi connectivity index (χ0v) is 18.1. The van der Waals surface area contributed by atoms with Gasteiger partial charge in [-0.05, 0) is 43.2 Å². The minimum absolute atomic E-state index is 0.0359. The third-order valence-corrected chi connectivity index (χ3v) is 5.22. The molecule has 1 aromatic heterocycles. The van der Waals surface area contributed by atoms with Gasteiger partial charge in [-0.3, -0.25) is 14.4 Å². The highest BCUT2D eigenvalue weighted by molar-refractivity contribution is 6.39. The van der Waals surface area contributed by atoms with E-state index in [9.17, 15) is 19.6 Å². The van der Waals surface area contributed by atoms with Gasteiger partial charge in [0.25, 0.3) is 5.91 Å². The van der Waals surface area contributed by atoms with Crippen molar-refractivity contribution in [2.75, 3.05) is 5.32 Å². The van der Waals surface area contributed by atoms with Crippen LogP contribution in [0.25, 0.3) is 6.08 Å². The topological polar surface area (TPSA) is 124 Å². The molecule has 0 bridgehead atoms. The molecule has 32 heavy (non-hydrogen) atoms. The summed E-state index contributed by atoms with van der Waals surface area (Å²) in [6, 6.07) is 11.6. The van der Waals surface area contributed by atoms with E-state index >= 15 is 0 Å². The lowest BCUT2D eigenvalue weighted by Gasteiger charge is -2.22. The van der Waals surface area contributed by atoms with Gasteiger partial charge in [0.1, 0.15) is 23.2 Å². The van der Waals surface area contributed by atoms with E-state index in [0.717, 1.165) is 25.7 Å². The fraction of sp³-hybridized carbons (Fsp3) is 0.304. The molecule has 1 aromatic carbocycles. The number of hydrogen-bond acceptors (Lipinski definition) is 5. The number of halogens is 1. The largest absolute Gasteiger partial charge is 0.460 e. The number of rotatable bonds is 6. The molecular formula is C23H23ClN4O4. The first kappa shape index (κ1) is 23.1. The van der Waals surface area contributed by atoms with Crippen LogP contribution < -0.4 is 16.0 Å². The molecule has 1 fully saturated rings. The van der Waals surface area contributed by atoms with Crippen LogP contribution in [-0.2, 0) is 20.9 Å². The minimum atomic E-state index is -0.844. The van der Waals surface area contributed by atoms with E-state index in [4.69, 9.17) is 16.0 Å². The maximum Gasteiger partial charge on any atom is 0.313 e. The van der Waals surface area contributed by atoms with Crippen LogP contribution in [0.1, 0.15) is 43.6 Å². The first-order chi connectivity index (χ1) is 15.4. The summed E-state index contributed by atoms with van der Waals surface area (Å²) in [7, 11) is 0. The average Bonchev–Trinajstić information content (AvgIpc) is 3.24. The van der Waals surface area contributed by atoms with Crippen LogP contribution in [0.2, 0.25) is 5.02 Å². The Balaban J connectivity index is 1.52. The number of nitrogens with one attached hydrogen (secondary N) is 3. The average molecular weight is 455 g/mol. The van der Waals surface area contributed by atoms with Crippen molar-refractivity contribution in [2.45, 2.75) is 44.7 Å². The zero-order chi connectivity index (χ0) is 22.9. The van der Waals surface area contributed by atoms with E-state index in [-0.39, 0.29) is 18.2 Å². The highest BCUT2D eigenvalue weighted by atomic mass is 35.5. The second-order valence-electron chi connectivity index (χ2n) is 7.43. The van der Waals surface area contributed by atoms with Crippen LogP contribution in [0.3, 0.4) is 0 Å². The predicted molar refractivity (Wildman–Crippen MR) is 119 cm³/mol. The standard InChI is InChI=1S/C23H23ClN4O4/c24-16-5-4-8-18(12-16)28-23(31)22(30)26-14-20-10-9-19(32-20)11-15(13-25)21(29)27-17-6-2-1-3-7-17/h4-5,8-12,17H,1-3,6-7,14H2,(H,26,30)(H,27,29)(H,28,31)/b15-11-. The second kappa shape index (κ2) is 11.2. The summed E-state index contributed by atoms with van der Waals surface area (Å²) in [5, 5.41) is 17.6. The van der Waals surface area contributed by atoms with Gasteiger partial charge in [-0.25, -0.2) is 0 Å². The first-order valence-corrected chi connectivity index (χ1v) is 10.7. The van der Waals surface area contributed by atoms with Crippen LogP contribution >= 0.6 is 11.6 Å². The van der Waals surface area contributed by atoms with Crippen molar-refractivity contribution in [3.05, 3.63) is 58.5 Å². The van der Waals surface area contributed by atoms with Gasteiger partial charge < -0.3 is 20.4 Å². The summed E-state index contributed by atoms with van der Waals surface area (Å²) in [6.07, 6.45) is 6.50. The lowest BCUT2D eigenvalue weighted by Crippen LogP contribution is -2.36. The Morgan fingerprint density at radius 2 is 1.88 bits per heavy atom. The Labute approximate surface area is 190 Å². The summed E-state index contributed by atoms with van der Waals surface area (Å²) >= 11 is 5.85. The summed E-state index contributed by atoms with van der Waals surface area (Å²) in [5.41, 5.74) is 0.347. The number of carbonyl (C=O) groups is 3. The number of anilines is 1. The van der Waals surface area contributed by atoms with Crippen molar-refractivity contribution in [3.63, 3.8) is 0 Å². The lowest BCUT2D eigenvalue weighted by atomic mass is 9.95. The van der Waals surface area contributed by atoms with Gasteiger partial charge in [0.15, 0.2) is 0 Å². The first-order valence-electron chi connectivity index (χ1n) is 10.3. The molecule has 3 amide bonds. The highest BCUT2D eigenvalue weighted by Gasteiger charge is 2.19. The van der Waals surface area contributed by atoms with E-state index in [1.165, 1.54) is 18.6 Å². The molecule has 0 radical (unpaired) electrons. The summed E-state index contributed by atoms with van der Waals surface area (Å²) in [6.45, 7) is -0.0359. The van der Waals surface area contributed by atoms with Gasteiger partial charge in [-0.2, -0.15) is 5.26 Å². The van der Waals surface area contributed by atoms with Crippen molar-refractivity contribution >= 4 is 41.1 Å². The molecule has 3 N–H and O–H groups in total. The van der Waals surface area contributed by atoms with Crippen molar-refractivity contribution in [2.24, 2.45) is 0 Å². The monoisotopic (exact) mass is 454 g/mol. The molecule has 8 nitrogen and oxygen atoms in total. The van der Waals surface area contributed by atoms with Gasteiger partial charge >= 0.3 is 11.8 Å². The number of carbonyl (C=O) groups excluding carboxylic acids is 3. The number of nitrogens with zero attached hydrogens (tertiary/aromatic N) is 1. The SMILES string of the molecule is N#C/C(=C/c1ccc(CNC(=O)C(=O)Nc2cccc(Cl)c2)o1)C(=O)NC1CCCCC1. The Morgan fingerprint density at radius 1 is 1.09 bits per heavy atom. The van der Waals surface area contributed by atoms with Crippen LogP contribution in [0.5, 0.6) is 0 Å². The summed E-state index contributed by atoms with van der Waals surface area (Å²) in [5.74, 6) is -1.45. The van der Waals surface area contributed by atoms with Crippen molar-refractivity contribution in [1.29, 1.82) is 5.26 Å². The normalized spacial score (nSPS) is 14.3. The Hall–Kier alpha value is -3.57.